The lowest BCUT2D eigenvalue weighted by Crippen LogP contribution is -2.38. The largest absolute Gasteiger partial charge is 0.490 e. The number of nitrogens with zero attached hydrogens (tertiary/aromatic N) is 1. The maximum atomic E-state index is 11.9. The average Bonchev–Trinajstić information content (AvgIpc) is 2.78. The Morgan fingerprint density at radius 2 is 1.62 bits per heavy atom. The summed E-state index contributed by atoms with van der Waals surface area (Å²) in [7, 11) is 1.74. The molecule has 7 nitrogen and oxygen atoms in total. The van der Waals surface area contributed by atoms with Crippen LogP contribution in [0.25, 0.3) is 0 Å². The number of ether oxygens (including phenoxy) is 2. The number of benzene rings is 2. The number of halogens is 1. The minimum absolute atomic E-state index is 0. The molecule has 0 saturated carbocycles. The number of carbonyl (C=O) groups is 1. The van der Waals surface area contributed by atoms with E-state index in [1.54, 1.807) is 7.05 Å². The van der Waals surface area contributed by atoms with E-state index in [2.05, 4.69) is 27.9 Å². The molecule has 1 unspecified atom stereocenters. The summed E-state index contributed by atoms with van der Waals surface area (Å²) in [5.41, 5.74) is 2.78. The topological polar surface area (TPSA) is 84.0 Å². The van der Waals surface area contributed by atoms with Crippen molar-refractivity contribution in [3.8, 4) is 11.5 Å². The van der Waals surface area contributed by atoms with Crippen molar-refractivity contribution in [1.29, 1.82) is 0 Å². The van der Waals surface area contributed by atoms with E-state index in [9.17, 15) is 4.79 Å². The van der Waals surface area contributed by atoms with Gasteiger partial charge in [0.25, 0.3) is 5.91 Å². The molecule has 0 radical (unpaired) electrons. The normalized spacial score (nSPS) is 11.7. The molecule has 32 heavy (non-hydrogen) atoms. The fourth-order valence-corrected chi connectivity index (χ4v) is 3.04. The second kappa shape index (κ2) is 14.5. The predicted octanol–water partition coefficient (Wildman–Crippen LogP) is 4.28. The number of rotatable bonds is 10. The van der Waals surface area contributed by atoms with E-state index in [1.165, 1.54) is 0 Å². The number of aliphatic imine (C=N–C) groups is 1. The van der Waals surface area contributed by atoms with Gasteiger partial charge in [0.05, 0.1) is 19.3 Å². The standard InChI is InChI=1S/C24H34N4O3.HI/c1-6-26-23(29)19-11-9-18(10-12-19)16-27-24(25-5)28-17(4)20-13-14-21(30-7-2)22(15-20)31-8-3;/h9-15,17H,6-8,16H2,1-5H3,(H,26,29)(H2,25,27,28);1H. The highest BCUT2D eigenvalue weighted by Crippen LogP contribution is 2.30. The third kappa shape index (κ3) is 8.22. The Kier molecular flexibility index (Phi) is 12.5. The summed E-state index contributed by atoms with van der Waals surface area (Å²) < 4.78 is 11.4. The van der Waals surface area contributed by atoms with Crippen LogP contribution in [0.3, 0.4) is 0 Å². The first-order valence-electron chi connectivity index (χ1n) is 10.8. The van der Waals surface area contributed by atoms with Crippen molar-refractivity contribution in [2.24, 2.45) is 4.99 Å². The Morgan fingerprint density at radius 3 is 2.22 bits per heavy atom. The van der Waals surface area contributed by atoms with Crippen molar-refractivity contribution in [2.45, 2.75) is 40.3 Å². The van der Waals surface area contributed by atoms with Gasteiger partial charge in [-0.2, -0.15) is 0 Å². The molecule has 0 aliphatic heterocycles. The monoisotopic (exact) mass is 554 g/mol. The first-order valence-corrected chi connectivity index (χ1v) is 10.8. The number of nitrogens with one attached hydrogen (secondary N) is 3. The lowest BCUT2D eigenvalue weighted by molar-refractivity contribution is 0.0956. The maximum absolute atomic E-state index is 11.9. The summed E-state index contributed by atoms with van der Waals surface area (Å²) in [4.78, 5) is 16.2. The molecule has 0 aliphatic rings. The van der Waals surface area contributed by atoms with Crippen LogP contribution in [0.4, 0.5) is 0 Å². The molecule has 176 valence electrons. The van der Waals surface area contributed by atoms with Crippen LogP contribution in [-0.4, -0.2) is 38.7 Å². The Balaban J connectivity index is 0.00000512. The third-order valence-corrected chi connectivity index (χ3v) is 4.66. The van der Waals surface area contributed by atoms with Gasteiger partial charge in [-0.15, -0.1) is 24.0 Å². The second-order valence-electron chi connectivity index (χ2n) is 6.92. The zero-order valence-corrected chi connectivity index (χ0v) is 21.9. The predicted molar refractivity (Wildman–Crippen MR) is 140 cm³/mol. The molecule has 0 heterocycles. The van der Waals surface area contributed by atoms with Gasteiger partial charge >= 0.3 is 0 Å². The first kappa shape index (κ1) is 27.5. The molecule has 2 aromatic carbocycles. The minimum atomic E-state index is -0.0601. The molecular formula is C24H35IN4O3. The third-order valence-electron chi connectivity index (χ3n) is 4.66. The molecule has 1 atom stereocenters. The van der Waals surface area contributed by atoms with Gasteiger partial charge in [0, 0.05) is 25.7 Å². The number of guanidine groups is 1. The number of hydrogen-bond donors (Lipinski definition) is 3. The summed E-state index contributed by atoms with van der Waals surface area (Å²) in [5.74, 6) is 2.12. The lowest BCUT2D eigenvalue weighted by Gasteiger charge is -2.20. The highest BCUT2D eigenvalue weighted by molar-refractivity contribution is 14.0. The molecule has 2 rings (SSSR count). The van der Waals surface area contributed by atoms with Gasteiger partial charge in [0.2, 0.25) is 0 Å². The molecule has 0 aliphatic carbocycles. The quantitative estimate of drug-likeness (QED) is 0.232. The molecule has 3 N–H and O–H groups in total. The van der Waals surface area contributed by atoms with E-state index in [0.717, 1.165) is 22.6 Å². The van der Waals surface area contributed by atoms with Crippen LogP contribution in [0.5, 0.6) is 11.5 Å². The Labute approximate surface area is 208 Å². The number of carbonyl (C=O) groups excluding carboxylic acids is 1. The molecule has 8 heteroatoms. The minimum Gasteiger partial charge on any atom is -0.490 e. The van der Waals surface area contributed by atoms with E-state index in [-0.39, 0.29) is 35.9 Å². The van der Waals surface area contributed by atoms with Crippen molar-refractivity contribution < 1.29 is 14.3 Å². The smallest absolute Gasteiger partial charge is 0.251 e. The van der Waals surface area contributed by atoms with Crippen molar-refractivity contribution in [2.75, 3.05) is 26.8 Å². The highest BCUT2D eigenvalue weighted by atomic mass is 127. The van der Waals surface area contributed by atoms with Gasteiger partial charge in [-0.25, -0.2) is 0 Å². The van der Waals surface area contributed by atoms with Crippen LogP contribution < -0.4 is 25.4 Å². The van der Waals surface area contributed by atoms with E-state index >= 15 is 0 Å². The molecule has 0 aromatic heterocycles. The molecule has 0 saturated heterocycles. The summed E-state index contributed by atoms with van der Waals surface area (Å²) in [6.45, 7) is 10.3. The van der Waals surface area contributed by atoms with Gasteiger partial charge in [0.1, 0.15) is 0 Å². The molecule has 0 bridgehead atoms. The number of amides is 1. The summed E-state index contributed by atoms with van der Waals surface area (Å²) in [6.07, 6.45) is 0. The second-order valence-corrected chi connectivity index (χ2v) is 6.92. The van der Waals surface area contributed by atoms with Gasteiger partial charge in [0.15, 0.2) is 17.5 Å². The van der Waals surface area contributed by atoms with E-state index in [4.69, 9.17) is 9.47 Å². The van der Waals surface area contributed by atoms with E-state index in [0.29, 0.717) is 37.8 Å². The highest BCUT2D eigenvalue weighted by Gasteiger charge is 2.12. The van der Waals surface area contributed by atoms with Gasteiger partial charge in [-0.1, -0.05) is 18.2 Å². The van der Waals surface area contributed by atoms with Crippen molar-refractivity contribution in [3.63, 3.8) is 0 Å². The molecular weight excluding hydrogens is 519 g/mol. The SMILES string of the molecule is CCNC(=O)c1ccc(CNC(=NC)NC(C)c2ccc(OCC)c(OCC)c2)cc1.I. The molecule has 2 aromatic rings. The summed E-state index contributed by atoms with van der Waals surface area (Å²) in [5, 5.41) is 9.51. The van der Waals surface area contributed by atoms with Crippen LogP contribution in [0.15, 0.2) is 47.5 Å². The van der Waals surface area contributed by atoms with Crippen molar-refractivity contribution in [3.05, 3.63) is 59.2 Å². The first-order chi connectivity index (χ1) is 15.0. The fourth-order valence-electron chi connectivity index (χ4n) is 3.04. The van der Waals surface area contributed by atoms with Crippen LogP contribution in [0, 0.1) is 0 Å². The number of hydrogen-bond acceptors (Lipinski definition) is 4. The van der Waals surface area contributed by atoms with Gasteiger partial charge in [-0.05, 0) is 63.1 Å². The van der Waals surface area contributed by atoms with Crippen LogP contribution in [0.1, 0.15) is 55.2 Å². The Bertz CT molecular complexity index is 872. The lowest BCUT2D eigenvalue weighted by atomic mass is 10.1. The summed E-state index contributed by atoms with van der Waals surface area (Å²) >= 11 is 0. The van der Waals surface area contributed by atoms with Gasteiger partial charge < -0.3 is 25.4 Å². The summed E-state index contributed by atoms with van der Waals surface area (Å²) in [6, 6.07) is 13.5. The maximum Gasteiger partial charge on any atom is 0.251 e. The zero-order chi connectivity index (χ0) is 22.6. The van der Waals surface area contributed by atoms with E-state index in [1.807, 2.05) is 63.2 Å². The molecule has 1 amide bonds. The van der Waals surface area contributed by atoms with Crippen molar-refractivity contribution >= 4 is 35.8 Å². The fraction of sp³-hybridized carbons (Fsp3) is 0.417. The van der Waals surface area contributed by atoms with Crippen LogP contribution in [0.2, 0.25) is 0 Å². The molecule has 0 fully saturated rings. The Hall–Kier alpha value is -2.49. The van der Waals surface area contributed by atoms with Crippen LogP contribution in [-0.2, 0) is 6.54 Å². The van der Waals surface area contributed by atoms with Crippen LogP contribution >= 0.6 is 24.0 Å². The Morgan fingerprint density at radius 1 is 0.969 bits per heavy atom. The van der Waals surface area contributed by atoms with Gasteiger partial charge in [-0.3, -0.25) is 9.79 Å². The average molecular weight is 554 g/mol. The van der Waals surface area contributed by atoms with E-state index < -0.39 is 0 Å². The molecule has 0 spiro atoms. The van der Waals surface area contributed by atoms with Crippen molar-refractivity contribution in [1.82, 2.24) is 16.0 Å². The zero-order valence-electron chi connectivity index (χ0n) is 19.5.